The number of hydrogen-bond acceptors (Lipinski definition) is 3. The zero-order chi connectivity index (χ0) is 14.5. The predicted molar refractivity (Wildman–Crippen MR) is 80.7 cm³/mol. The summed E-state index contributed by atoms with van der Waals surface area (Å²) in [5.74, 6) is -0.131. The summed E-state index contributed by atoms with van der Waals surface area (Å²) in [7, 11) is 0. The van der Waals surface area contributed by atoms with Crippen molar-refractivity contribution in [2.75, 3.05) is 12.3 Å². The van der Waals surface area contributed by atoms with E-state index < -0.39 is 11.9 Å². The lowest BCUT2D eigenvalue weighted by Gasteiger charge is -2.33. The topological polar surface area (TPSA) is 63.4 Å². The molecule has 0 aliphatic carbocycles. The molecule has 1 aliphatic heterocycles. The molecule has 2 amide bonds. The van der Waals surface area contributed by atoms with Crippen molar-refractivity contribution in [2.45, 2.75) is 30.2 Å². The molecule has 2 rings (SSSR count). The number of thioether (sulfide) groups is 1. The molecule has 1 aromatic carbocycles. The maximum absolute atomic E-state index is 12.2. The van der Waals surface area contributed by atoms with Crippen LogP contribution in [0, 0.1) is 0 Å². The van der Waals surface area contributed by atoms with Crippen molar-refractivity contribution in [1.29, 1.82) is 0 Å². The Morgan fingerprint density at radius 2 is 2.00 bits per heavy atom. The number of carbonyl (C=O) groups excluding carboxylic acids is 2. The van der Waals surface area contributed by atoms with Crippen molar-refractivity contribution in [3.05, 3.63) is 29.3 Å². The quantitative estimate of drug-likeness (QED) is 0.868. The smallest absolute Gasteiger partial charge is 0.240 e. The van der Waals surface area contributed by atoms with Gasteiger partial charge in [0.2, 0.25) is 11.8 Å². The van der Waals surface area contributed by atoms with Gasteiger partial charge in [-0.3, -0.25) is 9.59 Å². The van der Waals surface area contributed by atoms with Crippen molar-refractivity contribution >= 4 is 35.2 Å². The molecule has 0 unspecified atom stereocenters. The molecule has 6 heteroatoms. The van der Waals surface area contributed by atoms with Gasteiger partial charge in [0.1, 0.15) is 6.04 Å². The summed E-state index contributed by atoms with van der Waals surface area (Å²) in [5.41, 5.74) is 5.37. The van der Waals surface area contributed by atoms with Crippen LogP contribution in [0.4, 0.5) is 0 Å². The summed E-state index contributed by atoms with van der Waals surface area (Å²) >= 11 is 7.26. The number of nitrogens with zero attached hydrogens (tertiary/aromatic N) is 1. The number of carbonyl (C=O) groups is 2. The highest BCUT2D eigenvalue weighted by atomic mass is 35.5. The highest BCUT2D eigenvalue weighted by molar-refractivity contribution is 8.00. The molecular weight excluding hydrogens is 296 g/mol. The van der Waals surface area contributed by atoms with E-state index in [1.165, 1.54) is 11.8 Å². The zero-order valence-corrected chi connectivity index (χ0v) is 12.6. The fraction of sp³-hybridized carbons (Fsp3) is 0.429. The van der Waals surface area contributed by atoms with Crippen molar-refractivity contribution in [3.8, 4) is 0 Å². The number of amides is 2. The maximum atomic E-state index is 12.2. The predicted octanol–water partition coefficient (Wildman–Crippen LogP) is 2.30. The molecule has 1 atom stereocenters. The molecule has 0 spiro atoms. The van der Waals surface area contributed by atoms with Gasteiger partial charge in [0.25, 0.3) is 0 Å². The first-order valence-corrected chi connectivity index (χ1v) is 7.91. The Morgan fingerprint density at radius 1 is 1.30 bits per heavy atom. The summed E-state index contributed by atoms with van der Waals surface area (Å²) in [6.07, 6.45) is 2.55. The number of halogens is 1. The first-order valence-electron chi connectivity index (χ1n) is 6.55. The largest absolute Gasteiger partial charge is 0.368 e. The Kier molecular flexibility index (Phi) is 5.31. The SMILES string of the molecule is NC(=O)[C@H]1CCCCN1C(=O)CSc1ccc(Cl)cc1. The number of likely N-dealkylation sites (tertiary alicyclic amines) is 1. The van der Waals surface area contributed by atoms with Crippen LogP contribution in [0.15, 0.2) is 29.2 Å². The van der Waals surface area contributed by atoms with Gasteiger partial charge in [-0.05, 0) is 43.5 Å². The van der Waals surface area contributed by atoms with Crippen LogP contribution in [-0.2, 0) is 9.59 Å². The van der Waals surface area contributed by atoms with E-state index >= 15 is 0 Å². The van der Waals surface area contributed by atoms with E-state index in [0.29, 0.717) is 23.7 Å². The van der Waals surface area contributed by atoms with Crippen molar-refractivity contribution in [2.24, 2.45) is 5.73 Å². The molecule has 0 saturated carbocycles. The third-order valence-electron chi connectivity index (χ3n) is 3.33. The molecule has 4 nitrogen and oxygen atoms in total. The molecule has 108 valence electrons. The van der Waals surface area contributed by atoms with E-state index in [2.05, 4.69) is 0 Å². The van der Waals surface area contributed by atoms with Gasteiger partial charge >= 0.3 is 0 Å². The normalized spacial score (nSPS) is 18.9. The van der Waals surface area contributed by atoms with Crippen LogP contribution in [0.1, 0.15) is 19.3 Å². The van der Waals surface area contributed by atoms with Crippen LogP contribution in [0.3, 0.4) is 0 Å². The molecule has 1 heterocycles. The monoisotopic (exact) mass is 312 g/mol. The second-order valence-corrected chi connectivity index (χ2v) is 6.23. The third-order valence-corrected chi connectivity index (χ3v) is 4.58. The minimum absolute atomic E-state index is 0.0338. The van der Waals surface area contributed by atoms with Crippen LogP contribution in [0.2, 0.25) is 5.02 Å². The second-order valence-electron chi connectivity index (χ2n) is 4.74. The lowest BCUT2D eigenvalue weighted by Crippen LogP contribution is -2.51. The molecule has 0 radical (unpaired) electrons. The van der Waals surface area contributed by atoms with E-state index in [0.717, 1.165) is 17.7 Å². The van der Waals surface area contributed by atoms with E-state index in [1.807, 2.05) is 12.1 Å². The van der Waals surface area contributed by atoms with Gasteiger partial charge in [0, 0.05) is 16.5 Å². The molecule has 0 bridgehead atoms. The van der Waals surface area contributed by atoms with Crippen molar-refractivity contribution < 1.29 is 9.59 Å². The highest BCUT2D eigenvalue weighted by Gasteiger charge is 2.30. The van der Waals surface area contributed by atoms with Crippen LogP contribution in [0.25, 0.3) is 0 Å². The van der Waals surface area contributed by atoms with Gasteiger partial charge in [0.15, 0.2) is 0 Å². The summed E-state index contributed by atoms with van der Waals surface area (Å²) < 4.78 is 0. The standard InChI is InChI=1S/C14H17ClN2O2S/c15-10-4-6-11(7-5-10)20-9-13(18)17-8-2-1-3-12(17)14(16)19/h4-7,12H,1-3,8-9H2,(H2,16,19)/t12-/m1/s1. The van der Waals surface area contributed by atoms with Gasteiger partial charge in [-0.15, -0.1) is 11.8 Å². The Balaban J connectivity index is 1.93. The Labute approximate surface area is 127 Å². The third kappa shape index (κ3) is 3.90. The number of rotatable bonds is 4. The lowest BCUT2D eigenvalue weighted by atomic mass is 10.0. The summed E-state index contributed by atoms with van der Waals surface area (Å²) in [4.78, 5) is 26.2. The second kappa shape index (κ2) is 6.99. The minimum Gasteiger partial charge on any atom is -0.368 e. The van der Waals surface area contributed by atoms with E-state index in [-0.39, 0.29) is 5.91 Å². The van der Waals surface area contributed by atoms with Gasteiger partial charge in [-0.25, -0.2) is 0 Å². The van der Waals surface area contributed by atoms with Crippen LogP contribution >= 0.6 is 23.4 Å². The molecule has 1 fully saturated rings. The maximum Gasteiger partial charge on any atom is 0.240 e. The fourth-order valence-corrected chi connectivity index (χ4v) is 3.20. The van der Waals surface area contributed by atoms with E-state index in [1.54, 1.807) is 17.0 Å². The highest BCUT2D eigenvalue weighted by Crippen LogP contribution is 2.23. The number of hydrogen-bond donors (Lipinski definition) is 1. The number of primary amides is 1. The van der Waals surface area contributed by atoms with Gasteiger partial charge in [0.05, 0.1) is 5.75 Å². The Bertz CT molecular complexity index is 492. The molecular formula is C14H17ClN2O2S. The average Bonchev–Trinajstić information content (AvgIpc) is 2.46. The fourth-order valence-electron chi connectivity index (χ4n) is 2.28. The Hall–Kier alpha value is -1.20. The number of benzene rings is 1. The number of piperidine rings is 1. The molecule has 2 N–H and O–H groups in total. The summed E-state index contributed by atoms with van der Waals surface area (Å²) in [6.45, 7) is 0.619. The summed E-state index contributed by atoms with van der Waals surface area (Å²) in [5, 5.41) is 0.672. The average molecular weight is 313 g/mol. The van der Waals surface area contributed by atoms with Crippen LogP contribution in [0.5, 0.6) is 0 Å². The zero-order valence-electron chi connectivity index (χ0n) is 11.0. The molecule has 0 aromatic heterocycles. The molecule has 1 aromatic rings. The van der Waals surface area contributed by atoms with Crippen LogP contribution < -0.4 is 5.73 Å². The number of nitrogens with two attached hydrogens (primary N) is 1. The van der Waals surface area contributed by atoms with E-state index in [4.69, 9.17) is 17.3 Å². The Morgan fingerprint density at radius 3 is 2.65 bits per heavy atom. The van der Waals surface area contributed by atoms with Crippen LogP contribution in [-0.4, -0.2) is 35.1 Å². The van der Waals surface area contributed by atoms with Gasteiger partial charge in [-0.2, -0.15) is 0 Å². The minimum atomic E-state index is -0.443. The van der Waals surface area contributed by atoms with Crippen molar-refractivity contribution in [1.82, 2.24) is 4.90 Å². The lowest BCUT2D eigenvalue weighted by molar-refractivity contribution is -0.138. The molecule has 1 aliphatic rings. The van der Waals surface area contributed by atoms with E-state index in [9.17, 15) is 9.59 Å². The van der Waals surface area contributed by atoms with Crippen molar-refractivity contribution in [3.63, 3.8) is 0 Å². The first kappa shape index (κ1) is 15.2. The molecule has 1 saturated heterocycles. The molecule has 20 heavy (non-hydrogen) atoms. The summed E-state index contributed by atoms with van der Waals surface area (Å²) in [6, 6.07) is 6.90. The van der Waals surface area contributed by atoms with Gasteiger partial charge in [-0.1, -0.05) is 11.6 Å². The van der Waals surface area contributed by atoms with Gasteiger partial charge < -0.3 is 10.6 Å². The first-order chi connectivity index (χ1) is 9.58.